The van der Waals surface area contributed by atoms with Gasteiger partial charge in [0.1, 0.15) is 6.10 Å². The van der Waals surface area contributed by atoms with Gasteiger partial charge in [0.2, 0.25) is 0 Å². The number of aliphatic hydroxyl groups is 2. The Morgan fingerprint density at radius 3 is 2.64 bits per heavy atom. The van der Waals surface area contributed by atoms with E-state index in [0.29, 0.717) is 24.2 Å². The minimum atomic E-state index is -0.739. The average Bonchev–Trinajstić information content (AvgIpc) is 2.72. The molecule has 0 aromatic carbocycles. The maximum absolute atomic E-state index is 12.1. The van der Waals surface area contributed by atoms with Gasteiger partial charge in [0.05, 0.1) is 6.10 Å². The Labute approximate surface area is 132 Å². The lowest BCUT2D eigenvalue weighted by Gasteiger charge is -2.57. The first kappa shape index (κ1) is 14.9. The van der Waals surface area contributed by atoms with E-state index in [9.17, 15) is 15.0 Å². The van der Waals surface area contributed by atoms with Crippen LogP contribution in [0.2, 0.25) is 0 Å². The fourth-order valence-corrected chi connectivity index (χ4v) is 6.48. The van der Waals surface area contributed by atoms with Crippen LogP contribution in [0.3, 0.4) is 0 Å². The minimum Gasteiger partial charge on any atom is -0.389 e. The lowest BCUT2D eigenvalue weighted by Crippen LogP contribution is -2.51. The monoisotopic (exact) mass is 304 g/mol. The van der Waals surface area contributed by atoms with Crippen molar-refractivity contribution in [3.63, 3.8) is 0 Å². The molecule has 0 bridgehead atoms. The van der Waals surface area contributed by atoms with Gasteiger partial charge in [0.25, 0.3) is 0 Å². The number of carbonyl (C=O) groups excluding carboxylic acids is 1. The Morgan fingerprint density at radius 2 is 1.86 bits per heavy atom. The van der Waals surface area contributed by atoms with Gasteiger partial charge >= 0.3 is 0 Å². The van der Waals surface area contributed by atoms with Crippen molar-refractivity contribution < 1.29 is 15.0 Å². The SMILES string of the molecule is C[C@]12CC[C@H]3[C@@H](CCC4=C[C@@H](O)CC[C@@]43C)[C@@H]1CC(=O)[C@@H]2O. The number of hydrogen-bond donors (Lipinski definition) is 2. The van der Waals surface area contributed by atoms with Gasteiger partial charge in [-0.3, -0.25) is 4.79 Å². The number of aliphatic hydroxyl groups excluding tert-OH is 2. The molecule has 0 aromatic heterocycles. The molecule has 0 heterocycles. The van der Waals surface area contributed by atoms with Crippen molar-refractivity contribution in [2.75, 3.05) is 0 Å². The zero-order valence-electron chi connectivity index (χ0n) is 13.7. The molecule has 122 valence electrons. The summed E-state index contributed by atoms with van der Waals surface area (Å²) < 4.78 is 0. The van der Waals surface area contributed by atoms with E-state index in [1.165, 1.54) is 5.57 Å². The van der Waals surface area contributed by atoms with E-state index in [2.05, 4.69) is 19.9 Å². The molecule has 0 radical (unpaired) electrons. The summed E-state index contributed by atoms with van der Waals surface area (Å²) in [5, 5.41) is 20.3. The molecule has 0 aliphatic heterocycles. The number of hydrogen-bond acceptors (Lipinski definition) is 3. The number of allylic oxidation sites excluding steroid dienone is 1. The van der Waals surface area contributed by atoms with Crippen molar-refractivity contribution in [2.24, 2.45) is 28.6 Å². The second-order valence-corrected chi connectivity index (χ2v) is 8.75. The fourth-order valence-electron chi connectivity index (χ4n) is 6.48. The van der Waals surface area contributed by atoms with Crippen LogP contribution in [0.5, 0.6) is 0 Å². The smallest absolute Gasteiger partial charge is 0.162 e. The Morgan fingerprint density at radius 1 is 1.09 bits per heavy atom. The lowest BCUT2D eigenvalue weighted by atomic mass is 9.47. The minimum absolute atomic E-state index is 0.0682. The molecule has 0 amide bonds. The highest BCUT2D eigenvalue weighted by molar-refractivity contribution is 5.86. The molecule has 4 aliphatic rings. The van der Waals surface area contributed by atoms with E-state index in [1.807, 2.05) is 0 Å². The number of fused-ring (bicyclic) bond motifs is 5. The summed E-state index contributed by atoms with van der Waals surface area (Å²) in [5.74, 6) is 1.62. The van der Waals surface area contributed by atoms with Crippen molar-refractivity contribution in [3.05, 3.63) is 11.6 Å². The van der Waals surface area contributed by atoms with E-state index in [4.69, 9.17) is 0 Å². The van der Waals surface area contributed by atoms with Crippen LogP contribution < -0.4 is 0 Å². The average molecular weight is 304 g/mol. The predicted octanol–water partition coefficient (Wildman–Crippen LogP) is 2.85. The van der Waals surface area contributed by atoms with Crippen molar-refractivity contribution in [2.45, 2.75) is 71.0 Å². The molecule has 0 spiro atoms. The van der Waals surface area contributed by atoms with Gasteiger partial charge in [-0.2, -0.15) is 0 Å². The summed E-state index contributed by atoms with van der Waals surface area (Å²) in [7, 11) is 0. The quantitative estimate of drug-likeness (QED) is 0.677. The zero-order valence-corrected chi connectivity index (χ0v) is 13.7. The zero-order chi connectivity index (χ0) is 15.7. The second-order valence-electron chi connectivity index (χ2n) is 8.75. The number of ketones is 1. The molecule has 22 heavy (non-hydrogen) atoms. The molecule has 3 saturated carbocycles. The van der Waals surface area contributed by atoms with Crippen LogP contribution in [0.25, 0.3) is 0 Å². The molecular weight excluding hydrogens is 276 g/mol. The first-order chi connectivity index (χ1) is 10.4. The van der Waals surface area contributed by atoms with Crippen LogP contribution in [-0.2, 0) is 4.79 Å². The standard InChI is InChI=1S/C19H28O3/c1-18-7-5-12(20)9-11(18)3-4-13-14(18)6-8-19(2)15(13)10-16(21)17(19)22/h9,12-15,17,20,22H,3-8,10H2,1-2H3/t12-,13+,14-,15-,17-,18-,19-/m0/s1. The van der Waals surface area contributed by atoms with Crippen molar-refractivity contribution in [1.29, 1.82) is 0 Å². The van der Waals surface area contributed by atoms with E-state index < -0.39 is 6.10 Å². The molecule has 0 aromatic rings. The van der Waals surface area contributed by atoms with Crippen molar-refractivity contribution in [3.8, 4) is 0 Å². The highest BCUT2D eigenvalue weighted by atomic mass is 16.3. The van der Waals surface area contributed by atoms with Gasteiger partial charge in [-0.05, 0) is 61.7 Å². The Bertz CT molecular complexity index is 539. The van der Waals surface area contributed by atoms with Crippen LogP contribution in [0.1, 0.15) is 58.8 Å². The first-order valence-corrected chi connectivity index (χ1v) is 8.96. The van der Waals surface area contributed by atoms with Crippen LogP contribution in [-0.4, -0.2) is 28.2 Å². The van der Waals surface area contributed by atoms with Crippen LogP contribution in [0, 0.1) is 28.6 Å². The third-order valence-corrected chi connectivity index (χ3v) is 7.88. The van der Waals surface area contributed by atoms with E-state index in [-0.39, 0.29) is 22.7 Å². The Hall–Kier alpha value is -0.670. The van der Waals surface area contributed by atoms with Gasteiger partial charge in [-0.25, -0.2) is 0 Å². The van der Waals surface area contributed by atoms with Gasteiger partial charge in [0.15, 0.2) is 5.78 Å². The van der Waals surface area contributed by atoms with Gasteiger partial charge in [-0.15, -0.1) is 0 Å². The lowest BCUT2D eigenvalue weighted by molar-refractivity contribution is -0.129. The first-order valence-electron chi connectivity index (χ1n) is 8.96. The highest BCUT2D eigenvalue weighted by Crippen LogP contribution is 2.64. The maximum Gasteiger partial charge on any atom is 0.162 e. The van der Waals surface area contributed by atoms with E-state index in [1.54, 1.807) is 0 Å². The third kappa shape index (κ3) is 1.78. The number of Topliss-reactive ketones (excluding diaryl/α,β-unsaturated/α-hetero) is 1. The van der Waals surface area contributed by atoms with Crippen LogP contribution in [0.15, 0.2) is 11.6 Å². The maximum atomic E-state index is 12.1. The molecule has 0 unspecified atom stereocenters. The molecule has 0 saturated heterocycles. The molecule has 4 aliphatic carbocycles. The van der Waals surface area contributed by atoms with Crippen molar-refractivity contribution in [1.82, 2.24) is 0 Å². The summed E-state index contributed by atoms with van der Waals surface area (Å²) in [6, 6.07) is 0. The molecule has 3 nitrogen and oxygen atoms in total. The topological polar surface area (TPSA) is 57.5 Å². The number of rotatable bonds is 0. The molecular formula is C19H28O3. The largest absolute Gasteiger partial charge is 0.389 e. The highest BCUT2D eigenvalue weighted by Gasteiger charge is 2.61. The summed E-state index contributed by atoms with van der Waals surface area (Å²) in [6.45, 7) is 4.53. The molecule has 3 fully saturated rings. The fraction of sp³-hybridized carbons (Fsp3) is 0.842. The number of carbonyl (C=O) groups is 1. The third-order valence-electron chi connectivity index (χ3n) is 7.88. The Balaban J connectivity index is 1.69. The summed E-state index contributed by atoms with van der Waals surface area (Å²) in [5.41, 5.74) is 1.48. The molecule has 3 heteroatoms. The van der Waals surface area contributed by atoms with Gasteiger partial charge < -0.3 is 10.2 Å². The van der Waals surface area contributed by atoms with Crippen LogP contribution >= 0.6 is 0 Å². The molecule has 7 atom stereocenters. The van der Waals surface area contributed by atoms with E-state index >= 15 is 0 Å². The summed E-state index contributed by atoms with van der Waals surface area (Å²) in [4.78, 5) is 12.1. The van der Waals surface area contributed by atoms with Crippen LogP contribution in [0.4, 0.5) is 0 Å². The Kier molecular flexibility index (Phi) is 3.16. The van der Waals surface area contributed by atoms with Gasteiger partial charge in [0, 0.05) is 11.8 Å². The van der Waals surface area contributed by atoms with Gasteiger partial charge in [-0.1, -0.05) is 25.5 Å². The summed E-state index contributed by atoms with van der Waals surface area (Å²) in [6.07, 6.45) is 7.90. The molecule has 4 rings (SSSR count). The van der Waals surface area contributed by atoms with Crippen molar-refractivity contribution >= 4 is 5.78 Å². The van der Waals surface area contributed by atoms with E-state index in [0.717, 1.165) is 38.5 Å². The normalized spacial score (nSPS) is 54.3. The predicted molar refractivity (Wildman–Crippen MR) is 84.1 cm³/mol. The summed E-state index contributed by atoms with van der Waals surface area (Å²) >= 11 is 0. The second kappa shape index (κ2) is 4.67. The molecule has 2 N–H and O–H groups in total.